The Bertz CT molecular complexity index is 278. The van der Waals surface area contributed by atoms with Crippen LogP contribution >= 0.6 is 0 Å². The number of rotatable bonds is 5. The van der Waals surface area contributed by atoms with Crippen molar-refractivity contribution < 1.29 is 15.0 Å². The molecule has 1 heterocycles. The number of piperazine rings is 1. The van der Waals surface area contributed by atoms with E-state index in [0.29, 0.717) is 6.54 Å². The molecule has 1 fully saturated rings. The molecule has 1 atom stereocenters. The normalized spacial score (nSPS) is 21.2. The molecule has 0 radical (unpaired) electrons. The van der Waals surface area contributed by atoms with Gasteiger partial charge in [0.05, 0.1) is 5.60 Å². The molecule has 0 spiro atoms. The third-order valence-electron chi connectivity index (χ3n) is 3.30. The third-order valence-corrected chi connectivity index (χ3v) is 3.30. The van der Waals surface area contributed by atoms with Gasteiger partial charge >= 0.3 is 5.97 Å². The second-order valence-electron chi connectivity index (χ2n) is 6.15. The average Bonchev–Trinajstić information content (AvgIpc) is 2.17. The van der Waals surface area contributed by atoms with Gasteiger partial charge in [-0.1, -0.05) is 13.8 Å². The minimum Gasteiger partial charge on any atom is -0.480 e. The number of carbonyl (C=O) groups is 1. The minimum atomic E-state index is -0.735. The van der Waals surface area contributed by atoms with Gasteiger partial charge in [0.1, 0.15) is 6.04 Å². The van der Waals surface area contributed by atoms with Crippen molar-refractivity contribution in [3.63, 3.8) is 0 Å². The van der Waals surface area contributed by atoms with E-state index in [4.69, 9.17) is 0 Å². The number of nitrogens with zero attached hydrogens (tertiary/aromatic N) is 2. The van der Waals surface area contributed by atoms with Crippen LogP contribution in [0.15, 0.2) is 0 Å². The molecule has 18 heavy (non-hydrogen) atoms. The van der Waals surface area contributed by atoms with Gasteiger partial charge in [-0.05, 0) is 19.8 Å². The smallest absolute Gasteiger partial charge is 0.321 e. The van der Waals surface area contributed by atoms with E-state index in [1.807, 2.05) is 18.7 Å². The fourth-order valence-corrected chi connectivity index (χ4v) is 2.61. The van der Waals surface area contributed by atoms with Crippen molar-refractivity contribution in [1.29, 1.82) is 0 Å². The summed E-state index contributed by atoms with van der Waals surface area (Å²) in [6.45, 7) is 11.3. The molecule has 0 aliphatic carbocycles. The van der Waals surface area contributed by atoms with Crippen LogP contribution < -0.4 is 0 Å². The Hall–Kier alpha value is -0.650. The van der Waals surface area contributed by atoms with E-state index in [9.17, 15) is 15.0 Å². The van der Waals surface area contributed by atoms with Crippen molar-refractivity contribution in [3.05, 3.63) is 0 Å². The summed E-state index contributed by atoms with van der Waals surface area (Å²) < 4.78 is 0. The molecular weight excluding hydrogens is 232 g/mol. The van der Waals surface area contributed by atoms with Gasteiger partial charge in [-0.25, -0.2) is 0 Å². The van der Waals surface area contributed by atoms with Gasteiger partial charge in [0.2, 0.25) is 0 Å². The van der Waals surface area contributed by atoms with Gasteiger partial charge in [0.15, 0.2) is 0 Å². The molecule has 1 aliphatic rings. The predicted molar refractivity (Wildman–Crippen MR) is 70.6 cm³/mol. The van der Waals surface area contributed by atoms with Crippen LogP contribution in [0.25, 0.3) is 0 Å². The number of aliphatic hydroxyl groups is 1. The molecule has 1 rings (SSSR count). The van der Waals surface area contributed by atoms with Gasteiger partial charge in [-0.15, -0.1) is 0 Å². The van der Waals surface area contributed by atoms with E-state index >= 15 is 0 Å². The number of carboxylic acid groups (broad SMARTS) is 1. The zero-order chi connectivity index (χ0) is 13.9. The molecule has 1 unspecified atom stereocenters. The van der Waals surface area contributed by atoms with Gasteiger partial charge in [-0.3, -0.25) is 14.6 Å². The Labute approximate surface area is 109 Å². The first kappa shape index (κ1) is 15.4. The number of β-amino-alcohol motifs (C(OH)–C–C–N with tert-alkyl or cyclic N) is 1. The van der Waals surface area contributed by atoms with E-state index < -0.39 is 17.6 Å². The topological polar surface area (TPSA) is 64.0 Å². The predicted octanol–water partition coefficient (Wildman–Crippen LogP) is 0.484. The quantitative estimate of drug-likeness (QED) is 0.751. The highest BCUT2D eigenvalue weighted by Crippen LogP contribution is 2.15. The zero-order valence-electron chi connectivity index (χ0n) is 11.9. The molecular formula is C13H26N2O3. The Balaban J connectivity index is 2.50. The minimum absolute atomic E-state index is 0.114. The molecule has 5 heteroatoms. The molecule has 0 saturated carbocycles. The summed E-state index contributed by atoms with van der Waals surface area (Å²) >= 11 is 0. The van der Waals surface area contributed by atoms with E-state index in [1.54, 1.807) is 13.8 Å². The standard InChI is InChI=1S/C13H26N2O3/c1-10(2)11(12(16)17)15-7-5-14(6-8-15)9-13(3,4)18/h10-11,18H,5-9H2,1-4H3,(H,16,17). The lowest BCUT2D eigenvalue weighted by molar-refractivity contribution is -0.146. The van der Waals surface area contributed by atoms with Crippen LogP contribution in [0.3, 0.4) is 0 Å². The molecule has 2 N–H and O–H groups in total. The maximum absolute atomic E-state index is 11.3. The maximum Gasteiger partial charge on any atom is 0.321 e. The monoisotopic (exact) mass is 258 g/mol. The van der Waals surface area contributed by atoms with Crippen LogP contribution in [0.1, 0.15) is 27.7 Å². The highest BCUT2D eigenvalue weighted by molar-refractivity contribution is 5.73. The van der Waals surface area contributed by atoms with E-state index in [1.165, 1.54) is 0 Å². The first-order chi connectivity index (χ1) is 8.20. The van der Waals surface area contributed by atoms with Crippen molar-refractivity contribution >= 4 is 5.97 Å². The lowest BCUT2D eigenvalue weighted by atomic mass is 10.0. The fourth-order valence-electron chi connectivity index (χ4n) is 2.61. The number of carboxylic acids is 1. The summed E-state index contributed by atoms with van der Waals surface area (Å²) in [5.41, 5.74) is -0.688. The van der Waals surface area contributed by atoms with Crippen LogP contribution in [0.2, 0.25) is 0 Å². The van der Waals surface area contributed by atoms with Crippen LogP contribution in [0, 0.1) is 5.92 Å². The largest absolute Gasteiger partial charge is 0.480 e. The lowest BCUT2D eigenvalue weighted by Crippen LogP contribution is -2.56. The van der Waals surface area contributed by atoms with Crippen molar-refractivity contribution in [2.45, 2.75) is 39.3 Å². The molecule has 0 aromatic carbocycles. The van der Waals surface area contributed by atoms with Gasteiger partial charge in [-0.2, -0.15) is 0 Å². The number of aliphatic carboxylic acids is 1. The maximum atomic E-state index is 11.3. The summed E-state index contributed by atoms with van der Waals surface area (Å²) in [5.74, 6) is -0.621. The van der Waals surface area contributed by atoms with Gasteiger partial charge < -0.3 is 10.2 Å². The molecule has 0 aromatic rings. The highest BCUT2D eigenvalue weighted by atomic mass is 16.4. The first-order valence-electron chi connectivity index (χ1n) is 6.62. The van der Waals surface area contributed by atoms with Crippen LogP contribution in [-0.2, 0) is 4.79 Å². The highest BCUT2D eigenvalue weighted by Gasteiger charge is 2.32. The third kappa shape index (κ3) is 4.55. The Morgan fingerprint density at radius 3 is 2.06 bits per heavy atom. The SMILES string of the molecule is CC(C)C(C(=O)O)N1CCN(CC(C)(C)O)CC1. The Morgan fingerprint density at radius 2 is 1.72 bits per heavy atom. The summed E-state index contributed by atoms with van der Waals surface area (Å²) in [5, 5.41) is 19.0. The summed E-state index contributed by atoms with van der Waals surface area (Å²) in [6.07, 6.45) is 0. The number of hydrogen-bond acceptors (Lipinski definition) is 4. The molecule has 1 saturated heterocycles. The molecule has 0 bridgehead atoms. The molecule has 1 aliphatic heterocycles. The lowest BCUT2D eigenvalue weighted by Gasteiger charge is -2.40. The van der Waals surface area contributed by atoms with E-state index in [0.717, 1.165) is 26.2 Å². The molecule has 5 nitrogen and oxygen atoms in total. The van der Waals surface area contributed by atoms with Crippen LogP contribution in [-0.4, -0.2) is 70.3 Å². The molecule has 0 amide bonds. The summed E-state index contributed by atoms with van der Waals surface area (Å²) in [6, 6.07) is -0.394. The second-order valence-corrected chi connectivity index (χ2v) is 6.15. The van der Waals surface area contributed by atoms with Gasteiger partial charge in [0.25, 0.3) is 0 Å². The van der Waals surface area contributed by atoms with Crippen LogP contribution in [0.4, 0.5) is 0 Å². The van der Waals surface area contributed by atoms with Crippen molar-refractivity contribution in [2.24, 2.45) is 5.92 Å². The number of hydrogen-bond donors (Lipinski definition) is 2. The Kier molecular flexibility index (Phi) is 5.13. The molecule has 0 aromatic heterocycles. The summed E-state index contributed by atoms with van der Waals surface area (Å²) in [4.78, 5) is 15.5. The van der Waals surface area contributed by atoms with Gasteiger partial charge in [0, 0.05) is 32.7 Å². The zero-order valence-corrected chi connectivity index (χ0v) is 11.9. The van der Waals surface area contributed by atoms with Crippen LogP contribution in [0.5, 0.6) is 0 Å². The van der Waals surface area contributed by atoms with E-state index in [2.05, 4.69) is 4.90 Å². The van der Waals surface area contributed by atoms with Crippen molar-refractivity contribution in [3.8, 4) is 0 Å². The molecule has 106 valence electrons. The average molecular weight is 258 g/mol. The fraction of sp³-hybridized carbons (Fsp3) is 0.923. The second kappa shape index (κ2) is 5.99. The van der Waals surface area contributed by atoms with Crippen molar-refractivity contribution in [2.75, 3.05) is 32.7 Å². The Morgan fingerprint density at radius 1 is 1.22 bits per heavy atom. The van der Waals surface area contributed by atoms with Crippen molar-refractivity contribution in [1.82, 2.24) is 9.80 Å². The summed E-state index contributed by atoms with van der Waals surface area (Å²) in [7, 11) is 0. The first-order valence-corrected chi connectivity index (χ1v) is 6.62. The van der Waals surface area contributed by atoms with E-state index in [-0.39, 0.29) is 5.92 Å².